The molecule has 0 bridgehead atoms. The molecule has 2 heterocycles. The molecule has 1 saturated heterocycles. The second-order valence-electron chi connectivity index (χ2n) is 7.54. The van der Waals surface area contributed by atoms with E-state index in [1.165, 1.54) is 7.11 Å². The fourth-order valence-electron chi connectivity index (χ4n) is 4.33. The predicted molar refractivity (Wildman–Crippen MR) is 102 cm³/mol. The monoisotopic (exact) mass is 396 g/mol. The molecule has 1 aliphatic heterocycles. The summed E-state index contributed by atoms with van der Waals surface area (Å²) in [5, 5.41) is 13.4. The maximum atomic E-state index is 13.5. The van der Waals surface area contributed by atoms with Crippen molar-refractivity contribution < 1.29 is 19.4 Å². The van der Waals surface area contributed by atoms with Crippen LogP contribution < -0.4 is 10.1 Å². The molecule has 150 valence electrons. The summed E-state index contributed by atoms with van der Waals surface area (Å²) in [4.78, 5) is 31.3. The maximum Gasteiger partial charge on any atom is 0.329 e. The van der Waals surface area contributed by atoms with Crippen LogP contribution in [0.25, 0.3) is 0 Å². The van der Waals surface area contributed by atoms with Crippen LogP contribution in [0.2, 0.25) is 0 Å². The summed E-state index contributed by atoms with van der Waals surface area (Å²) in [6, 6.07) is -0.975. The Labute approximate surface area is 163 Å². The van der Waals surface area contributed by atoms with Crippen LogP contribution >= 0.6 is 11.5 Å². The number of hydrogen-bond donors (Lipinski definition) is 2. The molecule has 2 N–H and O–H groups in total. The van der Waals surface area contributed by atoms with E-state index in [2.05, 4.69) is 14.7 Å². The zero-order chi connectivity index (χ0) is 19.6. The topological polar surface area (TPSA) is 105 Å². The number of rotatable bonds is 7. The quantitative estimate of drug-likeness (QED) is 0.730. The minimum Gasteiger partial charge on any atom is -0.480 e. The lowest BCUT2D eigenvalue weighted by atomic mass is 9.84. The van der Waals surface area contributed by atoms with Crippen LogP contribution in [0, 0.1) is 11.8 Å². The molecule has 5 atom stereocenters. The summed E-state index contributed by atoms with van der Waals surface area (Å²) in [5.74, 6) is -0.717. The smallest absolute Gasteiger partial charge is 0.329 e. The number of nitrogens with zero attached hydrogens (tertiary/aromatic N) is 3. The molecule has 0 radical (unpaired) electrons. The van der Waals surface area contributed by atoms with E-state index in [0.717, 1.165) is 43.6 Å². The molecule has 8 nitrogen and oxygen atoms in total. The SMILES string of the molecule is CC[C@H](C)[C@H](Nc1nc(OC)ns1)C(=O)N1C(C(=O)O)CC2CCCCC21. The third-order valence-electron chi connectivity index (χ3n) is 5.98. The number of likely N-dealkylation sites (tertiary alicyclic amines) is 1. The molecule has 9 heteroatoms. The van der Waals surface area contributed by atoms with Crippen molar-refractivity contribution in [3.8, 4) is 6.01 Å². The number of aromatic nitrogens is 2. The van der Waals surface area contributed by atoms with Gasteiger partial charge in [0.25, 0.3) is 0 Å². The largest absolute Gasteiger partial charge is 0.480 e. The van der Waals surface area contributed by atoms with Gasteiger partial charge in [-0.2, -0.15) is 4.98 Å². The molecule has 1 saturated carbocycles. The van der Waals surface area contributed by atoms with Gasteiger partial charge in [0.05, 0.1) is 7.11 Å². The third-order valence-corrected chi connectivity index (χ3v) is 6.61. The molecule has 0 spiro atoms. The van der Waals surface area contributed by atoms with E-state index in [-0.39, 0.29) is 23.9 Å². The van der Waals surface area contributed by atoms with Gasteiger partial charge in [-0.05, 0) is 31.1 Å². The number of nitrogens with one attached hydrogen (secondary N) is 1. The van der Waals surface area contributed by atoms with Crippen LogP contribution in [0.1, 0.15) is 52.4 Å². The molecular formula is C18H28N4O4S. The molecule has 27 heavy (non-hydrogen) atoms. The highest BCUT2D eigenvalue weighted by Crippen LogP contribution is 2.40. The van der Waals surface area contributed by atoms with Crippen molar-refractivity contribution in [3.63, 3.8) is 0 Å². The lowest BCUT2D eigenvalue weighted by Crippen LogP contribution is -2.53. The van der Waals surface area contributed by atoms with E-state index in [0.29, 0.717) is 17.5 Å². The molecule has 1 aromatic heterocycles. The molecular weight excluding hydrogens is 368 g/mol. The molecule has 1 aliphatic carbocycles. The van der Waals surface area contributed by atoms with Gasteiger partial charge in [0.1, 0.15) is 12.1 Å². The molecule has 1 aromatic rings. The van der Waals surface area contributed by atoms with E-state index in [1.807, 2.05) is 13.8 Å². The average Bonchev–Trinajstić information content (AvgIpc) is 3.29. The van der Waals surface area contributed by atoms with E-state index in [4.69, 9.17) is 4.74 Å². The molecule has 0 aromatic carbocycles. The summed E-state index contributed by atoms with van der Waals surface area (Å²) in [6.45, 7) is 4.02. The zero-order valence-corrected chi connectivity index (χ0v) is 16.9. The van der Waals surface area contributed by atoms with Gasteiger partial charge >= 0.3 is 12.0 Å². The summed E-state index contributed by atoms with van der Waals surface area (Å²) >= 11 is 1.14. The number of carboxylic acids is 1. The van der Waals surface area contributed by atoms with Gasteiger partial charge in [-0.3, -0.25) is 4.79 Å². The van der Waals surface area contributed by atoms with Gasteiger partial charge in [0, 0.05) is 17.6 Å². The number of hydrogen-bond acceptors (Lipinski definition) is 7. The number of anilines is 1. The molecule has 2 fully saturated rings. The van der Waals surface area contributed by atoms with Gasteiger partial charge in [0.15, 0.2) is 0 Å². The lowest BCUT2D eigenvalue weighted by Gasteiger charge is -2.36. The minimum atomic E-state index is -0.904. The van der Waals surface area contributed by atoms with Gasteiger partial charge in [-0.25, -0.2) is 4.79 Å². The standard InChI is InChI=1S/C18H28N4O4S/c1-4-10(2)14(19-18-20-17(26-3)21-27-18)15(23)22-12-8-6-5-7-11(12)9-13(22)16(24)25/h10-14H,4-9H2,1-3H3,(H,24,25)(H,19,20,21)/t10-,11?,12?,13?,14-/m0/s1. The third kappa shape index (κ3) is 4.02. The highest BCUT2D eigenvalue weighted by Gasteiger charge is 2.49. The van der Waals surface area contributed by atoms with Crippen LogP contribution in [-0.2, 0) is 9.59 Å². The lowest BCUT2D eigenvalue weighted by molar-refractivity contribution is -0.150. The number of fused-ring (bicyclic) bond motifs is 1. The van der Waals surface area contributed by atoms with Crippen molar-refractivity contribution in [2.24, 2.45) is 11.8 Å². The highest BCUT2D eigenvalue weighted by atomic mass is 32.1. The first-order valence-electron chi connectivity index (χ1n) is 9.65. The van der Waals surface area contributed by atoms with Gasteiger partial charge in [0.2, 0.25) is 11.0 Å². The fourth-order valence-corrected chi connectivity index (χ4v) is 4.90. The molecule has 3 rings (SSSR count). The Bertz CT molecular complexity index is 682. The Morgan fingerprint density at radius 3 is 2.78 bits per heavy atom. The highest BCUT2D eigenvalue weighted by molar-refractivity contribution is 7.09. The first-order valence-corrected chi connectivity index (χ1v) is 10.4. The van der Waals surface area contributed by atoms with Crippen molar-refractivity contribution in [1.82, 2.24) is 14.3 Å². The molecule has 1 amide bonds. The van der Waals surface area contributed by atoms with E-state index in [9.17, 15) is 14.7 Å². The molecule has 3 unspecified atom stereocenters. The number of carbonyl (C=O) groups excluding carboxylic acids is 1. The van der Waals surface area contributed by atoms with Crippen molar-refractivity contribution in [2.75, 3.05) is 12.4 Å². The summed E-state index contributed by atoms with van der Waals surface area (Å²) in [5.41, 5.74) is 0. The Morgan fingerprint density at radius 2 is 2.15 bits per heavy atom. The summed E-state index contributed by atoms with van der Waals surface area (Å²) < 4.78 is 9.08. The van der Waals surface area contributed by atoms with Crippen LogP contribution in [-0.4, -0.2) is 56.5 Å². The first kappa shape index (κ1) is 19.9. The van der Waals surface area contributed by atoms with E-state index >= 15 is 0 Å². The fraction of sp³-hybridized carbons (Fsp3) is 0.778. The number of carbonyl (C=O) groups is 2. The van der Waals surface area contributed by atoms with Crippen molar-refractivity contribution in [1.29, 1.82) is 0 Å². The number of amides is 1. The van der Waals surface area contributed by atoms with E-state index < -0.39 is 18.1 Å². The maximum absolute atomic E-state index is 13.5. The van der Waals surface area contributed by atoms with E-state index in [1.54, 1.807) is 4.90 Å². The van der Waals surface area contributed by atoms with Crippen molar-refractivity contribution in [3.05, 3.63) is 0 Å². The van der Waals surface area contributed by atoms with Crippen LogP contribution in [0.3, 0.4) is 0 Å². The Morgan fingerprint density at radius 1 is 1.41 bits per heavy atom. The minimum absolute atomic E-state index is 0.0319. The summed E-state index contributed by atoms with van der Waals surface area (Å²) in [6.07, 6.45) is 5.41. The number of methoxy groups -OCH3 is 1. The normalized spacial score (nSPS) is 26.9. The van der Waals surface area contributed by atoms with Gasteiger partial charge in [-0.1, -0.05) is 33.1 Å². The van der Waals surface area contributed by atoms with Crippen LogP contribution in [0.15, 0.2) is 0 Å². The Hall–Kier alpha value is -1.90. The van der Waals surface area contributed by atoms with Gasteiger partial charge in [-0.15, -0.1) is 4.37 Å². The zero-order valence-electron chi connectivity index (χ0n) is 16.1. The van der Waals surface area contributed by atoms with Crippen molar-refractivity contribution in [2.45, 2.75) is 70.5 Å². The first-order chi connectivity index (χ1) is 13.0. The number of aliphatic carboxylic acids is 1. The Kier molecular flexibility index (Phi) is 6.18. The number of ether oxygens (including phenoxy) is 1. The van der Waals surface area contributed by atoms with Crippen molar-refractivity contribution >= 4 is 28.5 Å². The Balaban J connectivity index is 1.85. The van der Waals surface area contributed by atoms with Crippen LogP contribution in [0.5, 0.6) is 6.01 Å². The second kappa shape index (κ2) is 8.41. The van der Waals surface area contributed by atoms with Gasteiger partial charge < -0.3 is 20.1 Å². The number of carboxylic acid groups (broad SMARTS) is 1. The predicted octanol–water partition coefficient (Wildman–Crippen LogP) is 2.62. The average molecular weight is 397 g/mol. The molecule has 2 aliphatic rings. The van der Waals surface area contributed by atoms with Crippen LogP contribution in [0.4, 0.5) is 5.13 Å². The second-order valence-corrected chi connectivity index (χ2v) is 8.29. The summed E-state index contributed by atoms with van der Waals surface area (Å²) in [7, 11) is 1.49.